The lowest BCUT2D eigenvalue weighted by Crippen LogP contribution is -2.54. The van der Waals surface area contributed by atoms with Gasteiger partial charge in [-0.15, -0.1) is 0 Å². The van der Waals surface area contributed by atoms with Crippen LogP contribution in [0, 0.1) is 5.92 Å². The first-order chi connectivity index (χ1) is 20.4. The molecule has 1 atom stereocenters. The van der Waals surface area contributed by atoms with Gasteiger partial charge < -0.3 is 26.3 Å². The predicted octanol–water partition coefficient (Wildman–Crippen LogP) is 4.12. The van der Waals surface area contributed by atoms with Crippen LogP contribution >= 0.6 is 11.6 Å². The molecule has 0 aliphatic carbocycles. The molecular formula is C28H29ClF3N9O2. The Morgan fingerprint density at radius 1 is 1.19 bits per heavy atom. The van der Waals surface area contributed by atoms with Crippen LogP contribution in [0.25, 0.3) is 22.6 Å². The van der Waals surface area contributed by atoms with E-state index in [1.165, 1.54) is 18.3 Å². The molecule has 0 spiro atoms. The number of H-pyrrole nitrogens is 2. The van der Waals surface area contributed by atoms with Gasteiger partial charge in [0.05, 0.1) is 51.3 Å². The van der Waals surface area contributed by atoms with Crippen LogP contribution in [0.4, 0.5) is 18.9 Å². The Kier molecular flexibility index (Phi) is 8.42. The van der Waals surface area contributed by atoms with Gasteiger partial charge in [-0.2, -0.15) is 18.3 Å². The number of piperazine rings is 1. The molecule has 5 rings (SSSR count). The van der Waals surface area contributed by atoms with E-state index in [9.17, 15) is 22.8 Å². The molecule has 4 aromatic rings. The van der Waals surface area contributed by atoms with Crippen LogP contribution in [-0.4, -0.2) is 67.5 Å². The quantitative estimate of drug-likeness (QED) is 0.209. The fourth-order valence-electron chi connectivity index (χ4n) is 4.80. The molecule has 0 radical (unpaired) electrons. The summed E-state index contributed by atoms with van der Waals surface area (Å²) in [6, 6.07) is 8.04. The minimum atomic E-state index is -4.79. The van der Waals surface area contributed by atoms with Gasteiger partial charge in [-0.1, -0.05) is 31.5 Å². The summed E-state index contributed by atoms with van der Waals surface area (Å²) in [5.41, 5.74) is 5.50. The molecule has 0 bridgehead atoms. The van der Waals surface area contributed by atoms with Crippen molar-refractivity contribution >= 4 is 29.1 Å². The molecule has 15 heteroatoms. The monoisotopic (exact) mass is 615 g/mol. The number of hydrogen-bond donors (Lipinski definition) is 5. The molecular weight excluding hydrogens is 587 g/mol. The maximum Gasteiger partial charge on any atom is 0.435 e. The van der Waals surface area contributed by atoms with Crippen LogP contribution in [0.15, 0.2) is 42.7 Å². The molecule has 43 heavy (non-hydrogen) atoms. The number of imidazole rings is 1. The lowest BCUT2D eigenvalue weighted by atomic mass is 10.0. The number of hydrogen-bond acceptors (Lipinski definition) is 7. The fraction of sp³-hybridized carbons (Fsp3) is 0.321. The number of nitrogens with zero attached hydrogens (tertiary/aromatic N) is 4. The van der Waals surface area contributed by atoms with Crippen molar-refractivity contribution in [3.05, 3.63) is 70.4 Å². The lowest BCUT2D eigenvalue weighted by molar-refractivity contribution is -0.140. The fourth-order valence-corrected chi connectivity index (χ4v) is 5.08. The Morgan fingerprint density at radius 3 is 2.65 bits per heavy atom. The Hall–Kier alpha value is -4.43. The third-order valence-corrected chi connectivity index (χ3v) is 7.46. The first-order valence-electron chi connectivity index (χ1n) is 13.4. The molecule has 1 aliphatic rings. The van der Waals surface area contributed by atoms with Gasteiger partial charge in [0.1, 0.15) is 0 Å². The summed E-state index contributed by atoms with van der Waals surface area (Å²) in [6.07, 6.45) is -2.37. The summed E-state index contributed by atoms with van der Waals surface area (Å²) in [6.45, 7) is 6.08. The van der Waals surface area contributed by atoms with E-state index in [2.05, 4.69) is 49.6 Å². The number of anilines is 1. The van der Waals surface area contributed by atoms with Gasteiger partial charge in [0.2, 0.25) is 0 Å². The number of carbonyl (C=O) groups is 2. The number of aromatic amines is 2. The number of halogens is 4. The topological polar surface area (TPSA) is 158 Å². The first kappa shape index (κ1) is 30.0. The number of nitrogens with two attached hydrogens (primary N) is 1. The molecule has 2 amide bonds. The zero-order chi connectivity index (χ0) is 30.9. The molecule has 4 heterocycles. The number of aromatic nitrogens is 5. The van der Waals surface area contributed by atoms with E-state index >= 15 is 0 Å². The van der Waals surface area contributed by atoms with E-state index in [1.807, 2.05) is 0 Å². The summed E-state index contributed by atoms with van der Waals surface area (Å²) < 4.78 is 41.4. The van der Waals surface area contributed by atoms with Gasteiger partial charge in [-0.3, -0.25) is 19.7 Å². The second-order valence-corrected chi connectivity index (χ2v) is 10.9. The molecule has 1 aliphatic heterocycles. The molecule has 11 nitrogen and oxygen atoms in total. The van der Waals surface area contributed by atoms with Crippen molar-refractivity contribution in [1.29, 1.82) is 0 Å². The zero-order valence-corrected chi connectivity index (χ0v) is 24.0. The van der Waals surface area contributed by atoms with Crippen LogP contribution in [-0.2, 0) is 12.7 Å². The Bertz CT molecular complexity index is 1630. The standard InChI is InChI=1S/C28H29ClF3N9O2/c1-14(2)21-13-41(8-7-34-21)27(43)17-5-3-15(9-18(17)29)10-37-26(42)25-36-12-20(38-25)22-23(19-6-4-16(33)11-35-19)39-40-24(22)28(30,31)32/h3-6,9,11-12,14,21,34H,7-8,10,13,33H2,1-2H3,(H,36,38)(H,37,42)(H,39,40)/t21-/m1/s1. The summed E-state index contributed by atoms with van der Waals surface area (Å²) in [5, 5.41) is 12.2. The number of carbonyl (C=O) groups excluding carboxylic acids is 2. The van der Waals surface area contributed by atoms with Crippen molar-refractivity contribution in [3.63, 3.8) is 0 Å². The predicted molar refractivity (Wildman–Crippen MR) is 154 cm³/mol. The van der Waals surface area contributed by atoms with Gasteiger partial charge in [-0.05, 0) is 35.7 Å². The summed E-state index contributed by atoms with van der Waals surface area (Å²) in [4.78, 5) is 38.5. The zero-order valence-electron chi connectivity index (χ0n) is 23.2. The highest BCUT2D eigenvalue weighted by Crippen LogP contribution is 2.40. The largest absolute Gasteiger partial charge is 0.435 e. The maximum absolute atomic E-state index is 13.8. The first-order valence-corrected chi connectivity index (χ1v) is 13.8. The van der Waals surface area contributed by atoms with E-state index in [0.717, 1.165) is 6.20 Å². The molecule has 6 N–H and O–H groups in total. The Labute approximate surface area is 249 Å². The number of alkyl halides is 3. The number of benzene rings is 1. The molecule has 0 saturated carbocycles. The van der Waals surface area contributed by atoms with E-state index in [-0.39, 0.29) is 52.0 Å². The van der Waals surface area contributed by atoms with Crippen molar-refractivity contribution in [2.24, 2.45) is 5.92 Å². The van der Waals surface area contributed by atoms with Crippen molar-refractivity contribution in [2.45, 2.75) is 32.6 Å². The van der Waals surface area contributed by atoms with Crippen LogP contribution in [0.5, 0.6) is 0 Å². The van der Waals surface area contributed by atoms with Crippen LogP contribution in [0.1, 0.15) is 46.1 Å². The van der Waals surface area contributed by atoms with E-state index in [0.29, 0.717) is 42.4 Å². The molecule has 1 saturated heterocycles. The van der Waals surface area contributed by atoms with Crippen LogP contribution in [0.3, 0.4) is 0 Å². The summed E-state index contributed by atoms with van der Waals surface area (Å²) in [5.74, 6) is -0.664. The molecule has 1 fully saturated rings. The van der Waals surface area contributed by atoms with E-state index < -0.39 is 17.8 Å². The van der Waals surface area contributed by atoms with E-state index in [1.54, 1.807) is 23.1 Å². The van der Waals surface area contributed by atoms with Crippen molar-refractivity contribution in [3.8, 4) is 22.6 Å². The highest BCUT2D eigenvalue weighted by atomic mass is 35.5. The highest BCUT2D eigenvalue weighted by molar-refractivity contribution is 6.33. The van der Waals surface area contributed by atoms with Crippen LogP contribution in [0.2, 0.25) is 5.02 Å². The minimum Gasteiger partial charge on any atom is -0.397 e. The number of rotatable bonds is 7. The Morgan fingerprint density at radius 2 is 1.98 bits per heavy atom. The third kappa shape index (κ3) is 6.49. The normalized spacial score (nSPS) is 15.6. The molecule has 3 aromatic heterocycles. The number of nitrogen functional groups attached to an aromatic ring is 1. The minimum absolute atomic E-state index is 0.0206. The summed E-state index contributed by atoms with van der Waals surface area (Å²) in [7, 11) is 0. The van der Waals surface area contributed by atoms with Gasteiger partial charge in [0.25, 0.3) is 11.8 Å². The van der Waals surface area contributed by atoms with Crippen molar-refractivity contribution < 1.29 is 22.8 Å². The summed E-state index contributed by atoms with van der Waals surface area (Å²) >= 11 is 6.45. The number of nitrogens with one attached hydrogen (secondary N) is 4. The third-order valence-electron chi connectivity index (χ3n) is 7.15. The van der Waals surface area contributed by atoms with E-state index in [4.69, 9.17) is 17.3 Å². The maximum atomic E-state index is 13.8. The average molecular weight is 616 g/mol. The van der Waals surface area contributed by atoms with Gasteiger partial charge in [0, 0.05) is 32.2 Å². The van der Waals surface area contributed by atoms with Gasteiger partial charge >= 0.3 is 6.18 Å². The number of amides is 2. The molecule has 0 unspecified atom stereocenters. The van der Waals surface area contributed by atoms with Crippen LogP contribution < -0.4 is 16.4 Å². The second kappa shape index (κ2) is 12.1. The smallest absolute Gasteiger partial charge is 0.397 e. The van der Waals surface area contributed by atoms with Gasteiger partial charge in [0.15, 0.2) is 11.5 Å². The lowest BCUT2D eigenvalue weighted by Gasteiger charge is -2.36. The Balaban J connectivity index is 1.29. The van der Waals surface area contributed by atoms with Gasteiger partial charge in [-0.25, -0.2) is 4.98 Å². The molecule has 1 aromatic carbocycles. The second-order valence-electron chi connectivity index (χ2n) is 10.5. The van der Waals surface area contributed by atoms with Crippen molar-refractivity contribution in [2.75, 3.05) is 25.4 Å². The average Bonchev–Trinajstić information content (AvgIpc) is 3.64. The van der Waals surface area contributed by atoms with Crippen molar-refractivity contribution in [1.82, 2.24) is 40.7 Å². The molecule has 226 valence electrons. The SMILES string of the molecule is CC(C)[C@H]1CN(C(=O)c2ccc(CNC(=O)c3ncc(-c4c(C(F)(F)F)n[nH]c4-c4ccc(N)cn4)[nH]3)cc2Cl)CCN1. The number of pyridine rings is 1. The highest BCUT2D eigenvalue weighted by Gasteiger charge is 2.39.